The molecule has 2 aromatic carbocycles. The van der Waals surface area contributed by atoms with Gasteiger partial charge in [0.05, 0.1) is 10.3 Å². The fraction of sp³-hybridized carbons (Fsp3) is 0.294. The highest BCUT2D eigenvalue weighted by Gasteiger charge is 2.44. The van der Waals surface area contributed by atoms with Crippen molar-refractivity contribution in [3.8, 4) is 0 Å². The Morgan fingerprint density at radius 2 is 1.88 bits per heavy atom. The second-order valence-corrected chi connectivity index (χ2v) is 7.87. The van der Waals surface area contributed by atoms with Crippen LogP contribution in [0.15, 0.2) is 35.2 Å². The van der Waals surface area contributed by atoms with Gasteiger partial charge in [-0.25, -0.2) is 13.2 Å². The second-order valence-electron chi connectivity index (χ2n) is 6.49. The molecule has 0 atom stereocenters. The standard InChI is InChI=1S/C17H17NO5S/c1-10-17(2,3)16-13-8-12(24(21,22)23)6-4-11(13)5-7-14(16)18(10)9-15(19)20/h4-8H,9H2,1-3H3,(H-,19,20,21,22,23). The summed E-state index contributed by atoms with van der Waals surface area (Å²) in [6.45, 7) is 5.61. The van der Waals surface area contributed by atoms with Crippen LogP contribution in [0.4, 0.5) is 5.69 Å². The van der Waals surface area contributed by atoms with Crippen molar-refractivity contribution >= 4 is 38.3 Å². The average Bonchev–Trinajstić information content (AvgIpc) is 2.66. The third kappa shape index (κ3) is 2.40. The van der Waals surface area contributed by atoms with Gasteiger partial charge in [-0.15, -0.1) is 0 Å². The number of carboxylic acid groups (broad SMARTS) is 1. The van der Waals surface area contributed by atoms with Gasteiger partial charge < -0.3 is 9.66 Å². The molecule has 1 aliphatic rings. The third-order valence-corrected chi connectivity index (χ3v) is 5.61. The topological polar surface area (TPSA) is 97.5 Å². The highest BCUT2D eigenvalue weighted by atomic mass is 32.2. The Bertz CT molecular complexity index is 1020. The van der Waals surface area contributed by atoms with E-state index in [0.717, 1.165) is 22.3 Å². The summed E-state index contributed by atoms with van der Waals surface area (Å²) < 4.78 is 35.8. The van der Waals surface area contributed by atoms with Crippen molar-refractivity contribution < 1.29 is 27.4 Å². The molecule has 0 spiro atoms. The zero-order valence-corrected chi connectivity index (χ0v) is 14.3. The summed E-state index contributed by atoms with van der Waals surface area (Å²) in [4.78, 5) is 10.9. The van der Waals surface area contributed by atoms with Crippen molar-refractivity contribution in [2.75, 3.05) is 6.54 Å². The Labute approximate surface area is 139 Å². The molecule has 0 aromatic heterocycles. The molecule has 0 saturated heterocycles. The zero-order chi connectivity index (χ0) is 17.9. The molecule has 0 fully saturated rings. The number of hydrogen-bond donors (Lipinski definition) is 1. The molecule has 1 heterocycles. The first-order chi connectivity index (χ1) is 11.0. The van der Waals surface area contributed by atoms with E-state index in [1.54, 1.807) is 16.7 Å². The van der Waals surface area contributed by atoms with Crippen molar-refractivity contribution in [1.82, 2.24) is 0 Å². The molecular formula is C17H17NO5S. The lowest BCUT2D eigenvalue weighted by Crippen LogP contribution is -2.28. The summed E-state index contributed by atoms with van der Waals surface area (Å²) >= 11 is 0. The first kappa shape index (κ1) is 16.6. The van der Waals surface area contributed by atoms with E-state index in [4.69, 9.17) is 0 Å². The monoisotopic (exact) mass is 347 g/mol. The zero-order valence-electron chi connectivity index (χ0n) is 13.5. The quantitative estimate of drug-likeness (QED) is 0.678. The minimum absolute atomic E-state index is 0.173. The molecule has 0 aliphatic carbocycles. The van der Waals surface area contributed by atoms with Crippen LogP contribution in [0.3, 0.4) is 0 Å². The third-order valence-electron chi connectivity index (χ3n) is 4.78. The fourth-order valence-corrected chi connectivity index (χ4v) is 3.86. The van der Waals surface area contributed by atoms with Gasteiger partial charge in [0.1, 0.15) is 10.1 Å². The highest BCUT2D eigenvalue weighted by Crippen LogP contribution is 2.44. The van der Waals surface area contributed by atoms with Gasteiger partial charge in [-0.3, -0.25) is 0 Å². The highest BCUT2D eigenvalue weighted by molar-refractivity contribution is 7.85. The molecule has 3 rings (SSSR count). The largest absolute Gasteiger partial charge is 0.744 e. The maximum atomic E-state index is 11.4. The minimum Gasteiger partial charge on any atom is -0.744 e. The first-order valence-corrected chi connectivity index (χ1v) is 8.81. The molecular weight excluding hydrogens is 330 g/mol. The molecule has 0 amide bonds. The van der Waals surface area contributed by atoms with E-state index in [0.29, 0.717) is 5.39 Å². The van der Waals surface area contributed by atoms with Crippen LogP contribution in [0, 0.1) is 0 Å². The summed E-state index contributed by atoms with van der Waals surface area (Å²) in [7, 11) is -4.56. The Morgan fingerprint density at radius 3 is 2.46 bits per heavy atom. The molecule has 24 heavy (non-hydrogen) atoms. The van der Waals surface area contributed by atoms with Crippen LogP contribution in [0.5, 0.6) is 0 Å². The summed E-state index contributed by atoms with van der Waals surface area (Å²) in [6, 6.07) is 7.93. The molecule has 0 unspecified atom stereocenters. The number of benzene rings is 2. The predicted octanol–water partition coefficient (Wildman–Crippen LogP) is 2.22. The van der Waals surface area contributed by atoms with Crippen molar-refractivity contribution in [3.63, 3.8) is 0 Å². The molecule has 0 bridgehead atoms. The van der Waals surface area contributed by atoms with Crippen LogP contribution in [0.25, 0.3) is 10.8 Å². The summed E-state index contributed by atoms with van der Waals surface area (Å²) in [6.07, 6.45) is 0. The van der Waals surface area contributed by atoms with E-state index < -0.39 is 21.5 Å². The maximum absolute atomic E-state index is 11.4. The van der Waals surface area contributed by atoms with E-state index >= 15 is 0 Å². The van der Waals surface area contributed by atoms with E-state index in [-0.39, 0.29) is 11.4 Å². The number of hydrogen-bond acceptors (Lipinski definition) is 4. The summed E-state index contributed by atoms with van der Waals surface area (Å²) in [5, 5.41) is 10.6. The predicted molar refractivity (Wildman–Crippen MR) is 88.0 cm³/mol. The van der Waals surface area contributed by atoms with Crippen LogP contribution >= 0.6 is 0 Å². The number of carboxylic acids is 1. The lowest BCUT2D eigenvalue weighted by atomic mass is 9.80. The first-order valence-electron chi connectivity index (χ1n) is 7.40. The molecule has 1 N–H and O–H groups in total. The van der Waals surface area contributed by atoms with Crippen LogP contribution < -0.4 is 0 Å². The Morgan fingerprint density at radius 1 is 1.25 bits per heavy atom. The number of fused-ring (bicyclic) bond motifs is 3. The van der Waals surface area contributed by atoms with Crippen molar-refractivity contribution in [3.05, 3.63) is 35.9 Å². The molecule has 1 aliphatic heterocycles. The van der Waals surface area contributed by atoms with Gasteiger partial charge in [0, 0.05) is 18.6 Å². The number of rotatable bonds is 3. The van der Waals surface area contributed by atoms with Crippen LogP contribution in [-0.2, 0) is 20.3 Å². The smallest absolute Gasteiger partial charge is 0.370 e. The van der Waals surface area contributed by atoms with Gasteiger partial charge in [-0.1, -0.05) is 6.07 Å². The lowest BCUT2D eigenvalue weighted by Gasteiger charge is -2.18. The minimum atomic E-state index is -4.56. The van der Waals surface area contributed by atoms with E-state index in [9.17, 15) is 22.9 Å². The summed E-state index contributed by atoms with van der Waals surface area (Å²) in [5.74, 6) is -0.950. The van der Waals surface area contributed by atoms with Gasteiger partial charge in [-0.2, -0.15) is 4.58 Å². The van der Waals surface area contributed by atoms with Crippen LogP contribution in [0.1, 0.15) is 26.3 Å². The van der Waals surface area contributed by atoms with Gasteiger partial charge in [0.25, 0.3) is 0 Å². The van der Waals surface area contributed by atoms with Crippen molar-refractivity contribution in [2.45, 2.75) is 31.1 Å². The Kier molecular flexibility index (Phi) is 3.54. The molecule has 0 radical (unpaired) electrons. The van der Waals surface area contributed by atoms with E-state index in [1.807, 2.05) is 26.8 Å². The number of aliphatic carboxylic acids is 1. The SMILES string of the molecule is CC1=[N+](CC(=O)O)c2ccc3ccc(S(=O)(=O)[O-])cc3c2C1(C)C. The fourth-order valence-electron chi connectivity index (χ4n) is 3.36. The molecule has 0 saturated carbocycles. The maximum Gasteiger partial charge on any atom is 0.370 e. The van der Waals surface area contributed by atoms with Crippen molar-refractivity contribution in [1.29, 1.82) is 0 Å². The number of carbonyl (C=O) groups is 1. The molecule has 6 nitrogen and oxygen atoms in total. The Balaban J connectivity index is 2.37. The number of nitrogens with zero attached hydrogens (tertiary/aromatic N) is 1. The average molecular weight is 347 g/mol. The van der Waals surface area contributed by atoms with Gasteiger partial charge >= 0.3 is 5.97 Å². The molecule has 2 aromatic rings. The van der Waals surface area contributed by atoms with Crippen LogP contribution in [0.2, 0.25) is 0 Å². The van der Waals surface area contributed by atoms with Gasteiger partial charge in [0.15, 0.2) is 5.71 Å². The molecule has 7 heteroatoms. The van der Waals surface area contributed by atoms with E-state index in [1.165, 1.54) is 12.1 Å². The lowest BCUT2D eigenvalue weighted by molar-refractivity contribution is -0.429. The van der Waals surface area contributed by atoms with E-state index in [2.05, 4.69) is 0 Å². The Hall–Kier alpha value is -2.25. The summed E-state index contributed by atoms with van der Waals surface area (Å²) in [5.41, 5.74) is 1.95. The van der Waals surface area contributed by atoms with Crippen molar-refractivity contribution in [2.24, 2.45) is 0 Å². The second kappa shape index (κ2) is 5.12. The molecule has 126 valence electrons. The van der Waals surface area contributed by atoms with Gasteiger partial charge in [-0.05, 0) is 42.8 Å². The normalized spacial score (nSPS) is 16.5. The van der Waals surface area contributed by atoms with Gasteiger partial charge in [0.2, 0.25) is 12.2 Å². The van der Waals surface area contributed by atoms with Crippen LogP contribution in [-0.4, -0.2) is 40.9 Å².